The highest BCUT2D eigenvalue weighted by Gasteiger charge is 2.30. The van der Waals surface area contributed by atoms with E-state index in [1.807, 2.05) is 13.0 Å². The van der Waals surface area contributed by atoms with Gasteiger partial charge in [0.05, 0.1) is 6.54 Å². The zero-order valence-corrected chi connectivity index (χ0v) is 13.4. The largest absolute Gasteiger partial charge is 0.465 e. The van der Waals surface area contributed by atoms with Crippen LogP contribution in [0.2, 0.25) is 0 Å². The minimum atomic E-state index is 0.366. The maximum Gasteiger partial charge on any atom is 0.118 e. The number of hydrogen-bond donors (Lipinski definition) is 1. The quantitative estimate of drug-likeness (QED) is 0.897. The van der Waals surface area contributed by atoms with Crippen LogP contribution in [0.15, 0.2) is 16.5 Å². The Labute approximate surface area is 123 Å². The van der Waals surface area contributed by atoms with Crippen molar-refractivity contribution in [1.82, 2.24) is 4.90 Å². The highest BCUT2D eigenvalue weighted by Crippen LogP contribution is 2.33. The number of hydrogen-bond acceptors (Lipinski definition) is 3. The molecule has 1 aromatic heterocycles. The Balaban J connectivity index is 1.87. The zero-order chi connectivity index (χ0) is 14.7. The molecule has 114 valence electrons. The number of furan rings is 1. The van der Waals surface area contributed by atoms with Gasteiger partial charge in [-0.2, -0.15) is 0 Å². The third kappa shape index (κ3) is 4.10. The topological polar surface area (TPSA) is 42.4 Å². The van der Waals surface area contributed by atoms with Crippen molar-refractivity contribution >= 4 is 0 Å². The van der Waals surface area contributed by atoms with Crippen molar-refractivity contribution in [3.8, 4) is 0 Å². The van der Waals surface area contributed by atoms with Crippen LogP contribution in [0.1, 0.15) is 44.6 Å². The molecule has 2 rings (SSSR count). The number of nitrogens with two attached hydrogens (primary N) is 1. The molecule has 1 aromatic rings. The molecule has 0 bridgehead atoms. The normalized spacial score (nSPS) is 27.4. The average molecular weight is 278 g/mol. The van der Waals surface area contributed by atoms with Gasteiger partial charge in [0.25, 0.3) is 0 Å². The van der Waals surface area contributed by atoms with E-state index in [9.17, 15) is 0 Å². The molecule has 1 heterocycles. The van der Waals surface area contributed by atoms with E-state index in [1.165, 1.54) is 19.3 Å². The first-order valence-corrected chi connectivity index (χ1v) is 7.95. The molecule has 1 fully saturated rings. The maximum atomic E-state index is 6.34. The fraction of sp³-hybridized carbons (Fsp3) is 0.765. The van der Waals surface area contributed by atoms with Gasteiger partial charge in [0.2, 0.25) is 0 Å². The van der Waals surface area contributed by atoms with E-state index in [4.69, 9.17) is 10.2 Å². The van der Waals surface area contributed by atoms with Crippen LogP contribution in [0, 0.1) is 24.7 Å². The molecule has 2 N–H and O–H groups in total. The van der Waals surface area contributed by atoms with Gasteiger partial charge in [-0.25, -0.2) is 0 Å². The Hall–Kier alpha value is -0.800. The summed E-state index contributed by atoms with van der Waals surface area (Å²) >= 11 is 0. The van der Waals surface area contributed by atoms with Gasteiger partial charge in [0.1, 0.15) is 11.5 Å². The Morgan fingerprint density at radius 1 is 1.35 bits per heavy atom. The van der Waals surface area contributed by atoms with E-state index < -0.39 is 0 Å². The number of aryl methyl sites for hydroxylation is 1. The van der Waals surface area contributed by atoms with Crippen molar-refractivity contribution in [3.05, 3.63) is 23.7 Å². The van der Waals surface area contributed by atoms with Crippen LogP contribution >= 0.6 is 0 Å². The molecule has 0 amide bonds. The van der Waals surface area contributed by atoms with Gasteiger partial charge in [0, 0.05) is 12.6 Å². The summed E-state index contributed by atoms with van der Waals surface area (Å²) in [6.45, 7) is 8.63. The fourth-order valence-corrected chi connectivity index (χ4v) is 3.44. The lowest BCUT2D eigenvalue weighted by Crippen LogP contribution is -2.42. The van der Waals surface area contributed by atoms with E-state index in [1.54, 1.807) is 0 Å². The molecule has 3 atom stereocenters. The first kappa shape index (κ1) is 15.6. The van der Waals surface area contributed by atoms with Crippen LogP contribution in [0.25, 0.3) is 0 Å². The van der Waals surface area contributed by atoms with Crippen LogP contribution in [-0.4, -0.2) is 24.5 Å². The lowest BCUT2D eigenvalue weighted by Gasteiger charge is -2.37. The van der Waals surface area contributed by atoms with Crippen molar-refractivity contribution in [2.45, 2.75) is 52.6 Å². The molecule has 1 aliphatic carbocycles. The zero-order valence-electron chi connectivity index (χ0n) is 13.4. The Kier molecular flexibility index (Phi) is 5.28. The van der Waals surface area contributed by atoms with Gasteiger partial charge < -0.3 is 10.2 Å². The van der Waals surface area contributed by atoms with Crippen LogP contribution in [-0.2, 0) is 6.54 Å². The number of nitrogens with zero attached hydrogens (tertiary/aromatic N) is 1. The lowest BCUT2D eigenvalue weighted by atomic mass is 9.74. The summed E-state index contributed by atoms with van der Waals surface area (Å²) in [5.41, 5.74) is 6.34. The summed E-state index contributed by atoms with van der Waals surface area (Å²) in [4.78, 5) is 2.35. The molecular weight excluding hydrogens is 248 g/mol. The standard InChI is InChI=1S/C17H30N2O/c1-12(2)14-6-8-17(18)15(9-14)10-19(4)11-16-7-5-13(3)20-16/h5,7,12,14-15,17H,6,8-11,18H2,1-4H3. The number of rotatable bonds is 5. The van der Waals surface area contributed by atoms with Crippen molar-refractivity contribution in [1.29, 1.82) is 0 Å². The molecule has 0 aromatic carbocycles. The van der Waals surface area contributed by atoms with E-state index in [0.29, 0.717) is 12.0 Å². The summed E-state index contributed by atoms with van der Waals surface area (Å²) in [7, 11) is 2.17. The minimum absolute atomic E-state index is 0.366. The van der Waals surface area contributed by atoms with Crippen LogP contribution in [0.3, 0.4) is 0 Å². The maximum absolute atomic E-state index is 6.34. The second kappa shape index (κ2) is 6.77. The molecule has 3 nitrogen and oxygen atoms in total. The molecule has 0 saturated heterocycles. The molecule has 3 unspecified atom stereocenters. The van der Waals surface area contributed by atoms with Gasteiger partial charge >= 0.3 is 0 Å². The van der Waals surface area contributed by atoms with Gasteiger partial charge in [-0.3, -0.25) is 4.90 Å². The van der Waals surface area contributed by atoms with Crippen LogP contribution in [0.5, 0.6) is 0 Å². The molecule has 1 saturated carbocycles. The molecule has 20 heavy (non-hydrogen) atoms. The molecule has 0 radical (unpaired) electrons. The SMILES string of the molecule is Cc1ccc(CN(C)CC2CC(C(C)C)CCC2N)o1. The average Bonchev–Trinajstić information content (AvgIpc) is 2.77. The van der Waals surface area contributed by atoms with Gasteiger partial charge in [-0.1, -0.05) is 13.8 Å². The first-order chi connectivity index (χ1) is 9.45. The predicted molar refractivity (Wildman–Crippen MR) is 83.4 cm³/mol. The van der Waals surface area contributed by atoms with Crippen LogP contribution < -0.4 is 5.73 Å². The summed E-state index contributed by atoms with van der Waals surface area (Å²) in [6.07, 6.45) is 3.76. The van der Waals surface area contributed by atoms with Gasteiger partial charge in [-0.15, -0.1) is 0 Å². The highest BCUT2D eigenvalue weighted by molar-refractivity contribution is 5.05. The van der Waals surface area contributed by atoms with Crippen molar-refractivity contribution < 1.29 is 4.42 Å². The predicted octanol–water partition coefficient (Wildman–Crippen LogP) is 3.42. The monoisotopic (exact) mass is 278 g/mol. The van der Waals surface area contributed by atoms with Crippen molar-refractivity contribution in [3.63, 3.8) is 0 Å². The second-order valence-corrected chi connectivity index (χ2v) is 6.95. The third-order valence-electron chi connectivity index (χ3n) is 4.79. The third-order valence-corrected chi connectivity index (χ3v) is 4.79. The van der Waals surface area contributed by atoms with E-state index in [2.05, 4.69) is 31.9 Å². The van der Waals surface area contributed by atoms with E-state index in [-0.39, 0.29) is 0 Å². The van der Waals surface area contributed by atoms with Crippen LogP contribution in [0.4, 0.5) is 0 Å². The molecular formula is C17H30N2O. The second-order valence-electron chi connectivity index (χ2n) is 6.95. The molecule has 1 aliphatic rings. The lowest BCUT2D eigenvalue weighted by molar-refractivity contribution is 0.143. The molecule has 3 heteroatoms. The van der Waals surface area contributed by atoms with Crippen molar-refractivity contribution in [2.75, 3.05) is 13.6 Å². The summed E-state index contributed by atoms with van der Waals surface area (Å²) in [6, 6.07) is 4.47. The van der Waals surface area contributed by atoms with Gasteiger partial charge in [-0.05, 0) is 63.1 Å². The first-order valence-electron chi connectivity index (χ1n) is 7.95. The summed E-state index contributed by atoms with van der Waals surface area (Å²) in [5.74, 6) is 4.29. The Morgan fingerprint density at radius 2 is 2.10 bits per heavy atom. The smallest absolute Gasteiger partial charge is 0.118 e. The Bertz CT molecular complexity index is 413. The van der Waals surface area contributed by atoms with E-state index in [0.717, 1.165) is 36.4 Å². The summed E-state index contributed by atoms with van der Waals surface area (Å²) in [5, 5.41) is 0. The van der Waals surface area contributed by atoms with E-state index >= 15 is 0 Å². The molecule has 0 spiro atoms. The molecule has 0 aliphatic heterocycles. The highest BCUT2D eigenvalue weighted by atomic mass is 16.3. The minimum Gasteiger partial charge on any atom is -0.465 e. The van der Waals surface area contributed by atoms with Crippen molar-refractivity contribution in [2.24, 2.45) is 23.5 Å². The summed E-state index contributed by atoms with van der Waals surface area (Å²) < 4.78 is 5.66. The van der Waals surface area contributed by atoms with Gasteiger partial charge in [0.15, 0.2) is 0 Å². The Morgan fingerprint density at radius 3 is 2.70 bits per heavy atom. The fourth-order valence-electron chi connectivity index (χ4n) is 3.44.